The first kappa shape index (κ1) is 14.6. The first-order valence-electron chi connectivity index (χ1n) is 6.48. The summed E-state index contributed by atoms with van der Waals surface area (Å²) in [5.41, 5.74) is 7.43. The van der Waals surface area contributed by atoms with Gasteiger partial charge in [0.1, 0.15) is 0 Å². The molecule has 0 aliphatic rings. The maximum Gasteiger partial charge on any atom is 0.0856 e. The molecule has 1 aromatic rings. The van der Waals surface area contributed by atoms with E-state index in [2.05, 4.69) is 44.2 Å². The Hall–Kier alpha value is -0.480. The normalized spacial score (nSPS) is 14.3. The molecule has 1 unspecified atom stereocenters. The summed E-state index contributed by atoms with van der Waals surface area (Å²) in [5.74, 6) is 0.708. The third kappa shape index (κ3) is 3.75. The molecule has 0 spiro atoms. The second kappa shape index (κ2) is 5.91. The van der Waals surface area contributed by atoms with Gasteiger partial charge in [0.05, 0.1) is 10.6 Å². The van der Waals surface area contributed by atoms with Crippen LogP contribution in [0.2, 0.25) is 0 Å². The van der Waals surface area contributed by atoms with Crippen molar-refractivity contribution in [3.8, 4) is 0 Å². The zero-order valence-electron chi connectivity index (χ0n) is 11.7. The maximum atomic E-state index is 6.32. The highest BCUT2D eigenvalue weighted by molar-refractivity contribution is 7.05. The minimum Gasteiger partial charge on any atom is -0.323 e. The van der Waals surface area contributed by atoms with E-state index in [1.165, 1.54) is 29.3 Å². The van der Waals surface area contributed by atoms with Crippen molar-refractivity contribution in [1.82, 2.24) is 9.59 Å². The summed E-state index contributed by atoms with van der Waals surface area (Å²) in [7, 11) is 0. The zero-order chi connectivity index (χ0) is 13.1. The third-order valence-electron chi connectivity index (χ3n) is 3.30. The average Bonchev–Trinajstić information content (AvgIpc) is 2.73. The van der Waals surface area contributed by atoms with E-state index in [9.17, 15) is 0 Å². The predicted octanol–water partition coefficient (Wildman–Crippen LogP) is 3.66. The van der Waals surface area contributed by atoms with Gasteiger partial charge in [-0.1, -0.05) is 51.9 Å². The van der Waals surface area contributed by atoms with Crippen molar-refractivity contribution in [2.24, 2.45) is 11.7 Å². The monoisotopic (exact) mass is 255 g/mol. The van der Waals surface area contributed by atoms with Crippen LogP contribution in [0.15, 0.2) is 0 Å². The highest BCUT2D eigenvalue weighted by Crippen LogP contribution is 2.32. The number of nitrogens with zero attached hydrogens (tertiary/aromatic N) is 2. The topological polar surface area (TPSA) is 51.8 Å². The first-order chi connectivity index (χ1) is 7.90. The smallest absolute Gasteiger partial charge is 0.0856 e. The van der Waals surface area contributed by atoms with E-state index in [-0.39, 0.29) is 11.5 Å². The Balaban J connectivity index is 2.82. The Kier molecular flexibility index (Phi) is 5.07. The summed E-state index contributed by atoms with van der Waals surface area (Å²) in [5, 5.41) is 4.26. The standard InChI is InChI=1S/C13H25N3S/c1-6-9(7-2)8-10(14)11-12(13(3,4)5)15-16-17-11/h9-10H,6-8,14H2,1-5H3. The van der Waals surface area contributed by atoms with Gasteiger partial charge in [0.25, 0.3) is 0 Å². The summed E-state index contributed by atoms with van der Waals surface area (Å²) >= 11 is 1.46. The van der Waals surface area contributed by atoms with E-state index in [1.54, 1.807) is 0 Å². The third-order valence-corrected chi connectivity index (χ3v) is 4.16. The van der Waals surface area contributed by atoms with Gasteiger partial charge in [-0.05, 0) is 23.9 Å². The molecule has 98 valence electrons. The van der Waals surface area contributed by atoms with Crippen molar-refractivity contribution in [3.05, 3.63) is 10.6 Å². The van der Waals surface area contributed by atoms with Crippen LogP contribution in [0.3, 0.4) is 0 Å². The zero-order valence-corrected chi connectivity index (χ0v) is 12.5. The fourth-order valence-corrected chi connectivity index (χ4v) is 2.92. The van der Waals surface area contributed by atoms with Crippen molar-refractivity contribution in [3.63, 3.8) is 0 Å². The average molecular weight is 255 g/mol. The Labute approximate surface area is 109 Å². The lowest BCUT2D eigenvalue weighted by Gasteiger charge is -2.21. The van der Waals surface area contributed by atoms with E-state index in [0.717, 1.165) is 12.1 Å². The van der Waals surface area contributed by atoms with Crippen LogP contribution in [0.4, 0.5) is 0 Å². The predicted molar refractivity (Wildman–Crippen MR) is 74.2 cm³/mol. The first-order valence-corrected chi connectivity index (χ1v) is 7.25. The SMILES string of the molecule is CCC(CC)CC(N)c1snnc1C(C)(C)C. The molecule has 0 aromatic carbocycles. The van der Waals surface area contributed by atoms with Gasteiger partial charge >= 0.3 is 0 Å². The molecule has 2 N–H and O–H groups in total. The Morgan fingerprint density at radius 1 is 1.24 bits per heavy atom. The molecular weight excluding hydrogens is 230 g/mol. The Morgan fingerprint density at radius 3 is 2.29 bits per heavy atom. The van der Waals surface area contributed by atoms with Crippen molar-refractivity contribution in [2.75, 3.05) is 0 Å². The second-order valence-corrected chi connectivity index (χ2v) is 6.55. The van der Waals surface area contributed by atoms with Gasteiger partial charge in [0.2, 0.25) is 0 Å². The van der Waals surface area contributed by atoms with Crippen LogP contribution in [0.5, 0.6) is 0 Å². The highest BCUT2D eigenvalue weighted by Gasteiger charge is 2.26. The number of rotatable bonds is 5. The second-order valence-electron chi connectivity index (χ2n) is 5.76. The van der Waals surface area contributed by atoms with Crippen LogP contribution in [0.25, 0.3) is 0 Å². The van der Waals surface area contributed by atoms with E-state index in [1.807, 2.05) is 0 Å². The van der Waals surface area contributed by atoms with E-state index >= 15 is 0 Å². The molecule has 1 aromatic heterocycles. The number of aromatic nitrogens is 2. The molecule has 0 amide bonds. The maximum absolute atomic E-state index is 6.32. The molecule has 1 heterocycles. The summed E-state index contributed by atoms with van der Waals surface area (Å²) in [4.78, 5) is 1.17. The van der Waals surface area contributed by atoms with Gasteiger partial charge in [0.15, 0.2) is 0 Å². The molecule has 17 heavy (non-hydrogen) atoms. The number of nitrogens with two attached hydrogens (primary N) is 1. The molecule has 0 radical (unpaired) electrons. The van der Waals surface area contributed by atoms with Gasteiger partial charge in [-0.15, -0.1) is 5.10 Å². The van der Waals surface area contributed by atoms with Crippen molar-refractivity contribution in [1.29, 1.82) is 0 Å². The fraction of sp³-hybridized carbons (Fsp3) is 0.846. The van der Waals surface area contributed by atoms with Gasteiger partial charge in [-0.2, -0.15) is 0 Å². The number of hydrogen-bond donors (Lipinski definition) is 1. The molecule has 0 saturated heterocycles. The van der Waals surface area contributed by atoms with E-state index in [4.69, 9.17) is 5.73 Å². The van der Waals surface area contributed by atoms with E-state index in [0.29, 0.717) is 5.92 Å². The molecule has 1 atom stereocenters. The Bertz CT molecular complexity index is 337. The molecule has 0 bridgehead atoms. The van der Waals surface area contributed by atoms with Gasteiger partial charge < -0.3 is 5.73 Å². The Morgan fingerprint density at radius 2 is 1.82 bits per heavy atom. The number of hydrogen-bond acceptors (Lipinski definition) is 4. The van der Waals surface area contributed by atoms with Crippen LogP contribution < -0.4 is 5.73 Å². The molecular formula is C13H25N3S. The molecule has 0 saturated carbocycles. The van der Waals surface area contributed by atoms with Crippen molar-refractivity contribution >= 4 is 11.5 Å². The van der Waals surface area contributed by atoms with Gasteiger partial charge in [-0.3, -0.25) is 0 Å². The molecule has 4 heteroatoms. The van der Waals surface area contributed by atoms with Crippen LogP contribution in [-0.4, -0.2) is 9.59 Å². The molecule has 0 aliphatic heterocycles. The lowest BCUT2D eigenvalue weighted by atomic mass is 9.87. The molecule has 1 rings (SSSR count). The minimum atomic E-state index is 0.0356. The van der Waals surface area contributed by atoms with Crippen LogP contribution in [-0.2, 0) is 5.41 Å². The largest absolute Gasteiger partial charge is 0.323 e. The van der Waals surface area contributed by atoms with Crippen molar-refractivity contribution < 1.29 is 0 Å². The lowest BCUT2D eigenvalue weighted by Crippen LogP contribution is -2.20. The summed E-state index contributed by atoms with van der Waals surface area (Å²) in [6.45, 7) is 11.0. The molecule has 3 nitrogen and oxygen atoms in total. The lowest BCUT2D eigenvalue weighted by molar-refractivity contribution is 0.412. The van der Waals surface area contributed by atoms with Crippen LogP contribution in [0, 0.1) is 5.92 Å². The van der Waals surface area contributed by atoms with E-state index < -0.39 is 0 Å². The molecule has 0 fully saturated rings. The minimum absolute atomic E-state index is 0.0356. The fourth-order valence-electron chi connectivity index (χ4n) is 2.05. The van der Waals surface area contributed by atoms with Crippen LogP contribution >= 0.6 is 11.5 Å². The highest BCUT2D eigenvalue weighted by atomic mass is 32.1. The van der Waals surface area contributed by atoms with Crippen LogP contribution in [0.1, 0.15) is 70.5 Å². The van der Waals surface area contributed by atoms with Gasteiger partial charge in [0, 0.05) is 11.5 Å². The van der Waals surface area contributed by atoms with Crippen molar-refractivity contribution in [2.45, 2.75) is 65.3 Å². The molecule has 0 aliphatic carbocycles. The summed E-state index contributed by atoms with van der Waals surface area (Å²) in [6.07, 6.45) is 3.43. The summed E-state index contributed by atoms with van der Waals surface area (Å²) < 4.78 is 4.08. The summed E-state index contributed by atoms with van der Waals surface area (Å²) in [6, 6.07) is 0.0918. The van der Waals surface area contributed by atoms with Gasteiger partial charge in [-0.25, -0.2) is 0 Å². The quantitative estimate of drug-likeness (QED) is 0.873.